The second kappa shape index (κ2) is 3.07. The molecule has 0 aliphatic carbocycles. The molecule has 2 nitrogen and oxygen atoms in total. The summed E-state index contributed by atoms with van der Waals surface area (Å²) in [5.41, 5.74) is -0.0440. The largest absolute Gasteiger partial charge is 0.276 e. The van der Waals surface area contributed by atoms with Crippen LogP contribution in [0.25, 0.3) is 0 Å². The van der Waals surface area contributed by atoms with Crippen LogP contribution in [-0.4, -0.2) is 3.96 Å². The predicted octanol–water partition coefficient (Wildman–Crippen LogP) is 2.35. The highest BCUT2D eigenvalue weighted by Gasteiger charge is 2.07. The van der Waals surface area contributed by atoms with Crippen molar-refractivity contribution in [1.29, 1.82) is 0 Å². The maximum Gasteiger partial charge on any atom is 0.276 e. The molecular weight excluding hydrogens is 237 g/mol. The van der Waals surface area contributed by atoms with Gasteiger partial charge in [-0.25, -0.2) is 0 Å². The van der Waals surface area contributed by atoms with Gasteiger partial charge in [-0.05, 0) is 34.4 Å². The number of halogens is 2. The lowest BCUT2D eigenvalue weighted by Gasteiger charge is -1.87. The van der Waals surface area contributed by atoms with Crippen LogP contribution in [0, 0.1) is 0 Å². The normalized spacial score (nSPS) is 10.3. The molecule has 1 aromatic heterocycles. The summed E-state index contributed by atoms with van der Waals surface area (Å²) in [4.78, 5) is 11.1. The van der Waals surface area contributed by atoms with Crippen molar-refractivity contribution in [2.24, 2.45) is 0 Å². The molecule has 0 radical (unpaired) electrons. The van der Waals surface area contributed by atoms with Gasteiger partial charge in [0.05, 0.1) is 0 Å². The molecule has 0 saturated heterocycles. The minimum absolute atomic E-state index is 0.0440. The van der Waals surface area contributed by atoms with Crippen molar-refractivity contribution in [1.82, 2.24) is 3.96 Å². The Hall–Kier alpha value is 0.200. The molecule has 1 rings (SSSR count). The van der Waals surface area contributed by atoms with Crippen LogP contribution < -0.4 is 5.56 Å². The average molecular weight is 243 g/mol. The lowest BCUT2D eigenvalue weighted by molar-refractivity contribution is 0.807. The van der Waals surface area contributed by atoms with Gasteiger partial charge in [0.2, 0.25) is 0 Å². The van der Waals surface area contributed by atoms with E-state index in [9.17, 15) is 4.79 Å². The summed E-state index contributed by atoms with van der Waals surface area (Å²) >= 11 is 10.0. The van der Waals surface area contributed by atoms with Gasteiger partial charge in [-0.2, -0.15) is 0 Å². The minimum Gasteiger partial charge on any atom is -0.267 e. The molecule has 0 atom stereocenters. The number of hydrogen-bond acceptors (Lipinski definition) is 2. The van der Waals surface area contributed by atoms with Crippen LogP contribution in [0.15, 0.2) is 9.27 Å². The lowest BCUT2D eigenvalue weighted by atomic mass is 10.7. The monoisotopic (exact) mass is 241 g/mol. The molecule has 0 unspecified atom stereocenters. The summed E-state index contributed by atoms with van der Waals surface area (Å²) in [5, 5.41) is 0. The standard InChI is InChI=1S/C5H5BrClNOS/c1-2-8-5(9)3(6)4(7)10-8/h2H2,1H3. The molecule has 0 fully saturated rings. The first kappa shape index (κ1) is 8.30. The molecule has 0 spiro atoms. The third kappa shape index (κ3) is 1.28. The molecule has 5 heteroatoms. The summed E-state index contributed by atoms with van der Waals surface area (Å²) in [6.45, 7) is 2.58. The fraction of sp³-hybridized carbons (Fsp3) is 0.400. The van der Waals surface area contributed by atoms with Crippen molar-refractivity contribution in [2.45, 2.75) is 13.5 Å². The smallest absolute Gasteiger partial charge is 0.267 e. The summed E-state index contributed by atoms with van der Waals surface area (Å²) in [6.07, 6.45) is 0. The number of nitrogens with zero attached hydrogens (tertiary/aromatic N) is 1. The Morgan fingerprint density at radius 1 is 1.80 bits per heavy atom. The van der Waals surface area contributed by atoms with Crippen LogP contribution in [0.5, 0.6) is 0 Å². The van der Waals surface area contributed by atoms with Gasteiger partial charge >= 0.3 is 0 Å². The molecule has 0 N–H and O–H groups in total. The Kier molecular flexibility index (Phi) is 2.55. The molecule has 10 heavy (non-hydrogen) atoms. The zero-order valence-electron chi connectivity index (χ0n) is 5.23. The molecule has 0 saturated carbocycles. The van der Waals surface area contributed by atoms with E-state index in [-0.39, 0.29) is 5.56 Å². The van der Waals surface area contributed by atoms with Crippen LogP contribution in [0.4, 0.5) is 0 Å². The van der Waals surface area contributed by atoms with Crippen LogP contribution >= 0.6 is 39.1 Å². The second-order valence-corrected chi connectivity index (χ2v) is 4.11. The third-order valence-electron chi connectivity index (χ3n) is 1.06. The maximum absolute atomic E-state index is 11.1. The Labute approximate surface area is 75.7 Å². The maximum atomic E-state index is 11.1. The average Bonchev–Trinajstić information content (AvgIpc) is 2.17. The fourth-order valence-electron chi connectivity index (χ4n) is 0.580. The van der Waals surface area contributed by atoms with Gasteiger partial charge in [-0.3, -0.25) is 8.75 Å². The summed E-state index contributed by atoms with van der Waals surface area (Å²) in [6, 6.07) is 0. The molecule has 0 amide bonds. The van der Waals surface area contributed by atoms with Gasteiger partial charge in [0.15, 0.2) is 0 Å². The SMILES string of the molecule is CCn1sc(Cl)c(Br)c1=O. The van der Waals surface area contributed by atoms with Gasteiger partial charge in [-0.15, -0.1) is 0 Å². The molecule has 0 aliphatic rings. The van der Waals surface area contributed by atoms with Crippen molar-refractivity contribution in [2.75, 3.05) is 0 Å². The minimum atomic E-state index is -0.0440. The van der Waals surface area contributed by atoms with E-state index in [1.165, 1.54) is 11.5 Å². The molecule has 0 aliphatic heterocycles. The molecule has 0 bridgehead atoms. The van der Waals surface area contributed by atoms with Crippen molar-refractivity contribution < 1.29 is 0 Å². The molecule has 1 aromatic rings. The Morgan fingerprint density at radius 2 is 2.40 bits per heavy atom. The molecule has 1 heterocycles. The quantitative estimate of drug-likeness (QED) is 0.741. The zero-order valence-corrected chi connectivity index (χ0v) is 8.39. The number of rotatable bonds is 1. The van der Waals surface area contributed by atoms with Crippen molar-refractivity contribution >= 4 is 39.1 Å². The number of aryl methyl sites for hydroxylation is 1. The van der Waals surface area contributed by atoms with Gasteiger partial charge < -0.3 is 0 Å². The van der Waals surface area contributed by atoms with E-state index in [0.29, 0.717) is 15.4 Å². The van der Waals surface area contributed by atoms with Crippen molar-refractivity contribution in [3.05, 3.63) is 19.2 Å². The molecular formula is C5H5BrClNOS. The van der Waals surface area contributed by atoms with E-state index in [1.54, 1.807) is 3.96 Å². The lowest BCUT2D eigenvalue weighted by Crippen LogP contribution is -2.11. The molecule has 0 aromatic carbocycles. The fourth-order valence-corrected chi connectivity index (χ4v) is 2.12. The summed E-state index contributed by atoms with van der Waals surface area (Å²) < 4.78 is 2.58. The Bertz CT molecular complexity index is 292. The van der Waals surface area contributed by atoms with Crippen LogP contribution in [0.2, 0.25) is 4.34 Å². The Morgan fingerprint density at radius 3 is 2.60 bits per heavy atom. The van der Waals surface area contributed by atoms with Gasteiger partial charge in [0.25, 0.3) is 5.56 Å². The highest BCUT2D eigenvalue weighted by Crippen LogP contribution is 2.23. The van der Waals surface area contributed by atoms with Crippen LogP contribution in [0.1, 0.15) is 6.92 Å². The van der Waals surface area contributed by atoms with E-state index < -0.39 is 0 Å². The van der Waals surface area contributed by atoms with Crippen LogP contribution in [-0.2, 0) is 6.54 Å². The van der Waals surface area contributed by atoms with E-state index in [4.69, 9.17) is 11.6 Å². The third-order valence-corrected chi connectivity index (χ3v) is 3.70. The van der Waals surface area contributed by atoms with Gasteiger partial charge in [-0.1, -0.05) is 11.6 Å². The van der Waals surface area contributed by atoms with Crippen molar-refractivity contribution in [3.8, 4) is 0 Å². The van der Waals surface area contributed by atoms with E-state index in [2.05, 4.69) is 15.9 Å². The summed E-state index contributed by atoms with van der Waals surface area (Å²) in [7, 11) is 0. The highest BCUT2D eigenvalue weighted by atomic mass is 79.9. The molecule has 56 valence electrons. The van der Waals surface area contributed by atoms with Gasteiger partial charge in [0.1, 0.15) is 8.81 Å². The zero-order chi connectivity index (χ0) is 7.72. The number of aromatic nitrogens is 1. The Balaban J connectivity index is 3.31. The van der Waals surface area contributed by atoms with Crippen LogP contribution in [0.3, 0.4) is 0 Å². The van der Waals surface area contributed by atoms with E-state index >= 15 is 0 Å². The predicted molar refractivity (Wildman–Crippen MR) is 47.0 cm³/mol. The summed E-state index contributed by atoms with van der Waals surface area (Å²) in [5.74, 6) is 0. The van der Waals surface area contributed by atoms with E-state index in [0.717, 1.165) is 0 Å². The van der Waals surface area contributed by atoms with Gasteiger partial charge in [0, 0.05) is 6.54 Å². The first-order valence-corrected chi connectivity index (χ1v) is 4.66. The topological polar surface area (TPSA) is 22.0 Å². The second-order valence-electron chi connectivity index (χ2n) is 1.68. The number of hydrogen-bond donors (Lipinski definition) is 0. The first-order chi connectivity index (χ1) is 4.66. The highest BCUT2D eigenvalue weighted by molar-refractivity contribution is 9.10. The van der Waals surface area contributed by atoms with Crippen molar-refractivity contribution in [3.63, 3.8) is 0 Å². The van der Waals surface area contributed by atoms with E-state index in [1.807, 2.05) is 6.92 Å². The first-order valence-electron chi connectivity index (χ1n) is 2.72.